The van der Waals surface area contributed by atoms with Gasteiger partial charge >= 0.3 is 0 Å². The number of carbonyl (C=O) groups excluding carboxylic acids is 1. The summed E-state index contributed by atoms with van der Waals surface area (Å²) in [6.45, 7) is 0.00609. The summed E-state index contributed by atoms with van der Waals surface area (Å²) in [7, 11) is 0. The van der Waals surface area contributed by atoms with E-state index in [1.54, 1.807) is 12.3 Å². The molecule has 0 bridgehead atoms. The lowest BCUT2D eigenvalue weighted by Gasteiger charge is -2.19. The maximum atomic E-state index is 12.6. The van der Waals surface area contributed by atoms with E-state index in [0.717, 1.165) is 5.69 Å². The number of imidazole rings is 1. The van der Waals surface area contributed by atoms with Crippen molar-refractivity contribution in [3.8, 4) is 11.8 Å². The first-order valence-electron chi connectivity index (χ1n) is 7.83. The minimum Gasteiger partial charge on any atom is -0.298 e. The van der Waals surface area contributed by atoms with Gasteiger partial charge in [0.05, 0.1) is 11.8 Å². The summed E-state index contributed by atoms with van der Waals surface area (Å²) < 4.78 is 1.88. The molecular weight excluding hydrogens is 368 g/mol. The van der Waals surface area contributed by atoms with Gasteiger partial charge < -0.3 is 0 Å². The monoisotopic (exact) mass is 382 g/mol. The number of nitrogens with zero attached hydrogens (tertiary/aromatic N) is 4. The van der Waals surface area contributed by atoms with Crippen LogP contribution in [0.3, 0.4) is 0 Å². The van der Waals surface area contributed by atoms with Crippen LogP contribution in [-0.2, 0) is 4.79 Å². The minimum absolute atomic E-state index is 0.00609. The molecule has 0 spiro atoms. The van der Waals surface area contributed by atoms with Gasteiger partial charge in [-0.05, 0) is 30.3 Å². The van der Waals surface area contributed by atoms with Gasteiger partial charge in [-0.1, -0.05) is 47.6 Å². The third-order valence-corrected chi connectivity index (χ3v) is 4.80. The van der Waals surface area contributed by atoms with Crippen LogP contribution < -0.4 is 4.90 Å². The van der Waals surface area contributed by atoms with Crippen LogP contribution in [0.1, 0.15) is 0 Å². The summed E-state index contributed by atoms with van der Waals surface area (Å²) in [4.78, 5) is 18.4. The number of benzene rings is 2. The lowest BCUT2D eigenvalue weighted by molar-refractivity contribution is -0.116. The fourth-order valence-electron chi connectivity index (χ4n) is 2.43. The molecule has 0 radical (unpaired) electrons. The summed E-state index contributed by atoms with van der Waals surface area (Å²) in [6.07, 6.45) is 3.50. The fourth-order valence-corrected chi connectivity index (χ4v) is 3.46. The smallest absolute Gasteiger partial charge is 0.238 e. The van der Waals surface area contributed by atoms with Gasteiger partial charge in [0.15, 0.2) is 5.16 Å². The van der Waals surface area contributed by atoms with E-state index in [0.29, 0.717) is 15.9 Å². The topological polar surface area (TPSA) is 61.9 Å². The lowest BCUT2D eigenvalue weighted by Crippen LogP contribution is -2.32. The van der Waals surface area contributed by atoms with E-state index < -0.39 is 0 Å². The van der Waals surface area contributed by atoms with Gasteiger partial charge in [0.1, 0.15) is 6.54 Å². The van der Waals surface area contributed by atoms with Gasteiger partial charge in [-0.3, -0.25) is 14.3 Å². The first-order chi connectivity index (χ1) is 12.7. The molecule has 0 atom stereocenters. The van der Waals surface area contributed by atoms with Crippen molar-refractivity contribution < 1.29 is 4.79 Å². The molecule has 0 aliphatic carbocycles. The highest BCUT2D eigenvalue weighted by Gasteiger charge is 2.17. The molecule has 1 heterocycles. The first kappa shape index (κ1) is 18.1. The molecule has 1 amide bonds. The zero-order valence-corrected chi connectivity index (χ0v) is 15.3. The van der Waals surface area contributed by atoms with E-state index in [-0.39, 0.29) is 18.2 Å². The molecule has 2 aromatic carbocycles. The molecule has 26 heavy (non-hydrogen) atoms. The Morgan fingerprint density at radius 2 is 2.04 bits per heavy atom. The molecule has 3 rings (SSSR count). The fraction of sp³-hybridized carbons (Fsp3) is 0.105. The summed E-state index contributed by atoms with van der Waals surface area (Å²) in [5, 5.41) is 10.4. The first-order valence-corrected chi connectivity index (χ1v) is 9.20. The molecule has 3 aromatic rings. The molecule has 0 N–H and O–H groups in total. The van der Waals surface area contributed by atoms with Crippen LogP contribution in [-0.4, -0.2) is 27.8 Å². The second-order valence-electron chi connectivity index (χ2n) is 5.32. The molecule has 0 aliphatic rings. The van der Waals surface area contributed by atoms with E-state index in [4.69, 9.17) is 16.9 Å². The van der Waals surface area contributed by atoms with E-state index in [1.807, 2.05) is 65.4 Å². The summed E-state index contributed by atoms with van der Waals surface area (Å²) >= 11 is 7.37. The molecule has 7 heteroatoms. The molecule has 0 unspecified atom stereocenters. The average Bonchev–Trinajstić information content (AvgIpc) is 3.13. The van der Waals surface area contributed by atoms with E-state index >= 15 is 0 Å². The maximum absolute atomic E-state index is 12.6. The van der Waals surface area contributed by atoms with Crippen LogP contribution in [0.2, 0.25) is 5.02 Å². The van der Waals surface area contributed by atoms with Crippen molar-refractivity contribution in [3.63, 3.8) is 0 Å². The second kappa shape index (κ2) is 8.56. The van der Waals surface area contributed by atoms with Crippen molar-refractivity contribution in [3.05, 3.63) is 72.0 Å². The highest BCUT2D eigenvalue weighted by molar-refractivity contribution is 7.99. The standard InChI is InChI=1S/C19H15ClN4OS/c20-15-5-4-8-17(13-15)24-12-10-22-19(24)26-14-18(25)23(11-9-21)16-6-2-1-3-7-16/h1-8,10,12-13H,11,14H2. The van der Waals surface area contributed by atoms with Crippen LogP contribution in [0.25, 0.3) is 5.69 Å². The number of rotatable bonds is 6. The van der Waals surface area contributed by atoms with Gasteiger partial charge in [0.25, 0.3) is 0 Å². The Kier molecular flexibility index (Phi) is 5.95. The van der Waals surface area contributed by atoms with Crippen molar-refractivity contribution in [1.29, 1.82) is 5.26 Å². The van der Waals surface area contributed by atoms with Gasteiger partial charge in [0.2, 0.25) is 5.91 Å². The van der Waals surface area contributed by atoms with Crippen LogP contribution >= 0.6 is 23.4 Å². The van der Waals surface area contributed by atoms with E-state index in [1.165, 1.54) is 16.7 Å². The Morgan fingerprint density at radius 3 is 2.77 bits per heavy atom. The number of halogens is 1. The number of hydrogen-bond donors (Lipinski definition) is 0. The van der Waals surface area contributed by atoms with Gasteiger partial charge in [-0.15, -0.1) is 0 Å². The number of para-hydroxylation sites is 1. The van der Waals surface area contributed by atoms with Gasteiger partial charge in [-0.25, -0.2) is 4.98 Å². The normalized spacial score (nSPS) is 10.3. The Hall–Kier alpha value is -2.75. The van der Waals surface area contributed by atoms with Crippen LogP contribution in [0.15, 0.2) is 72.1 Å². The van der Waals surface area contributed by atoms with Gasteiger partial charge in [0, 0.05) is 28.8 Å². The molecule has 5 nitrogen and oxygen atoms in total. The van der Waals surface area contributed by atoms with Crippen molar-refractivity contribution >= 4 is 35.0 Å². The van der Waals surface area contributed by atoms with Crippen molar-refractivity contribution in [2.24, 2.45) is 0 Å². The van der Waals surface area contributed by atoms with Crippen LogP contribution in [0.5, 0.6) is 0 Å². The number of anilines is 1. The number of hydrogen-bond acceptors (Lipinski definition) is 4. The van der Waals surface area contributed by atoms with Crippen LogP contribution in [0, 0.1) is 11.3 Å². The predicted molar refractivity (Wildman–Crippen MR) is 104 cm³/mol. The maximum Gasteiger partial charge on any atom is 0.238 e. The largest absolute Gasteiger partial charge is 0.298 e. The zero-order chi connectivity index (χ0) is 18.4. The molecule has 0 fully saturated rings. The molecule has 130 valence electrons. The third kappa shape index (κ3) is 4.26. The average molecular weight is 383 g/mol. The highest BCUT2D eigenvalue weighted by Crippen LogP contribution is 2.23. The van der Waals surface area contributed by atoms with Crippen molar-refractivity contribution in [1.82, 2.24) is 9.55 Å². The van der Waals surface area contributed by atoms with Crippen molar-refractivity contribution in [2.75, 3.05) is 17.2 Å². The predicted octanol–water partition coefficient (Wildman–Crippen LogP) is 4.17. The number of nitriles is 1. The van der Waals surface area contributed by atoms with E-state index in [2.05, 4.69) is 4.98 Å². The Labute approximate surface area is 160 Å². The second-order valence-corrected chi connectivity index (χ2v) is 6.70. The third-order valence-electron chi connectivity index (χ3n) is 3.62. The molecular formula is C19H15ClN4OS. The molecule has 0 saturated heterocycles. The summed E-state index contributed by atoms with van der Waals surface area (Å²) in [6, 6.07) is 18.6. The van der Waals surface area contributed by atoms with Crippen LogP contribution in [0.4, 0.5) is 5.69 Å². The molecule has 0 aliphatic heterocycles. The number of amides is 1. The number of thioether (sulfide) groups is 1. The summed E-state index contributed by atoms with van der Waals surface area (Å²) in [5.74, 6) is 0.0251. The quantitative estimate of drug-likeness (QED) is 0.474. The molecule has 0 saturated carbocycles. The van der Waals surface area contributed by atoms with Crippen molar-refractivity contribution in [2.45, 2.75) is 5.16 Å². The minimum atomic E-state index is -0.150. The summed E-state index contributed by atoms with van der Waals surface area (Å²) in [5.41, 5.74) is 1.58. The number of aromatic nitrogens is 2. The lowest BCUT2D eigenvalue weighted by atomic mass is 10.3. The Morgan fingerprint density at radius 1 is 1.23 bits per heavy atom. The highest BCUT2D eigenvalue weighted by atomic mass is 35.5. The van der Waals surface area contributed by atoms with E-state index in [9.17, 15) is 4.79 Å². The van der Waals surface area contributed by atoms with Gasteiger partial charge in [-0.2, -0.15) is 5.26 Å². The molecule has 1 aromatic heterocycles. The SMILES string of the molecule is N#CCN(C(=O)CSc1nccn1-c1cccc(Cl)c1)c1ccccc1. The Bertz CT molecular complexity index is 936. The zero-order valence-electron chi connectivity index (χ0n) is 13.7. The Balaban J connectivity index is 1.74. The number of carbonyl (C=O) groups is 1.